The number of hydrogen-bond acceptors (Lipinski definition) is 6. The highest BCUT2D eigenvalue weighted by Crippen LogP contribution is 2.30. The Morgan fingerprint density at radius 3 is 2.61 bits per heavy atom. The van der Waals surface area contributed by atoms with E-state index in [0.29, 0.717) is 28.3 Å². The number of benzene rings is 2. The van der Waals surface area contributed by atoms with E-state index in [1.54, 1.807) is 31.2 Å². The number of amides is 1. The van der Waals surface area contributed by atoms with Crippen molar-refractivity contribution in [3.63, 3.8) is 0 Å². The fourth-order valence-corrected chi connectivity index (χ4v) is 3.04. The van der Waals surface area contributed by atoms with E-state index in [1.165, 1.54) is 14.2 Å². The van der Waals surface area contributed by atoms with Gasteiger partial charge < -0.3 is 23.9 Å². The average Bonchev–Trinajstić information content (AvgIpc) is 3.02. The Hall–Kier alpha value is -3.00. The number of methoxy groups -OCH3 is 2. The van der Waals surface area contributed by atoms with Crippen LogP contribution in [-0.4, -0.2) is 32.7 Å². The van der Waals surface area contributed by atoms with Crippen LogP contribution in [0, 0.1) is 6.92 Å². The molecule has 0 spiro atoms. The first-order valence-electron chi connectivity index (χ1n) is 8.30. The molecule has 0 radical (unpaired) electrons. The van der Waals surface area contributed by atoms with Crippen molar-refractivity contribution >= 4 is 44.5 Å². The topological polar surface area (TPSA) is 87.0 Å². The Kier molecular flexibility index (Phi) is 5.89. The molecule has 3 aromatic rings. The van der Waals surface area contributed by atoms with Gasteiger partial charge >= 0.3 is 5.97 Å². The number of anilines is 1. The summed E-state index contributed by atoms with van der Waals surface area (Å²) in [7, 11) is 3.00. The number of hydrogen-bond donors (Lipinski definition) is 1. The van der Waals surface area contributed by atoms with Crippen molar-refractivity contribution in [2.24, 2.45) is 0 Å². The number of rotatable bonds is 6. The highest BCUT2D eigenvalue weighted by molar-refractivity contribution is 9.10. The summed E-state index contributed by atoms with van der Waals surface area (Å²) in [6.45, 7) is 1.29. The summed E-state index contributed by atoms with van der Waals surface area (Å²) >= 11 is 3.39. The van der Waals surface area contributed by atoms with Gasteiger partial charge in [-0.2, -0.15) is 0 Å². The predicted octanol–water partition coefficient (Wildman–Crippen LogP) is 4.32. The standard InChI is InChI=1S/C20H18BrNO6/c1-11-14-8-12(21)4-6-16(14)28-19(11)20(24)27-10-18(23)22-15-9-13(25-2)5-7-17(15)26-3/h4-9H,10H2,1-3H3,(H,22,23). The number of fused-ring (bicyclic) bond motifs is 1. The van der Waals surface area contributed by atoms with Crippen LogP contribution in [0.3, 0.4) is 0 Å². The van der Waals surface area contributed by atoms with E-state index >= 15 is 0 Å². The maximum Gasteiger partial charge on any atom is 0.375 e. The van der Waals surface area contributed by atoms with Crippen LogP contribution < -0.4 is 14.8 Å². The van der Waals surface area contributed by atoms with Crippen LogP contribution in [0.5, 0.6) is 11.5 Å². The molecule has 0 fully saturated rings. The van der Waals surface area contributed by atoms with Crippen LogP contribution in [-0.2, 0) is 9.53 Å². The molecule has 2 aromatic carbocycles. The smallest absolute Gasteiger partial charge is 0.375 e. The number of aryl methyl sites for hydroxylation is 1. The summed E-state index contributed by atoms with van der Waals surface area (Å²) in [5, 5.41) is 3.43. The van der Waals surface area contributed by atoms with E-state index in [9.17, 15) is 9.59 Å². The molecular weight excluding hydrogens is 430 g/mol. The molecule has 0 saturated carbocycles. The molecule has 8 heteroatoms. The van der Waals surface area contributed by atoms with E-state index < -0.39 is 18.5 Å². The number of furan rings is 1. The maximum absolute atomic E-state index is 12.3. The van der Waals surface area contributed by atoms with Gasteiger partial charge in [-0.1, -0.05) is 15.9 Å². The summed E-state index contributed by atoms with van der Waals surface area (Å²) in [5.41, 5.74) is 1.63. The minimum atomic E-state index is -0.711. The summed E-state index contributed by atoms with van der Waals surface area (Å²) < 4.78 is 21.9. The van der Waals surface area contributed by atoms with Gasteiger partial charge in [0, 0.05) is 21.5 Å². The van der Waals surface area contributed by atoms with Gasteiger partial charge in [0.1, 0.15) is 17.1 Å². The second-order valence-electron chi connectivity index (χ2n) is 5.89. The molecule has 1 aromatic heterocycles. The predicted molar refractivity (Wildman–Crippen MR) is 107 cm³/mol. The molecule has 28 heavy (non-hydrogen) atoms. The number of halogens is 1. The van der Waals surface area contributed by atoms with Crippen LogP contribution in [0.25, 0.3) is 11.0 Å². The molecule has 1 N–H and O–H groups in total. The van der Waals surface area contributed by atoms with Gasteiger partial charge in [-0.05, 0) is 37.3 Å². The van der Waals surface area contributed by atoms with Crippen LogP contribution in [0.4, 0.5) is 5.69 Å². The maximum atomic E-state index is 12.3. The highest BCUT2D eigenvalue weighted by atomic mass is 79.9. The van der Waals surface area contributed by atoms with Crippen molar-refractivity contribution in [1.82, 2.24) is 0 Å². The number of carbonyl (C=O) groups excluding carboxylic acids is 2. The number of nitrogens with one attached hydrogen (secondary N) is 1. The molecule has 0 saturated heterocycles. The van der Waals surface area contributed by atoms with Gasteiger partial charge in [0.25, 0.3) is 5.91 Å². The first-order chi connectivity index (χ1) is 13.4. The zero-order chi connectivity index (χ0) is 20.3. The van der Waals surface area contributed by atoms with Gasteiger partial charge in [-0.25, -0.2) is 4.79 Å². The van der Waals surface area contributed by atoms with Gasteiger partial charge in [-0.3, -0.25) is 4.79 Å². The number of ether oxygens (including phenoxy) is 3. The minimum Gasteiger partial charge on any atom is -0.497 e. The monoisotopic (exact) mass is 447 g/mol. The number of carbonyl (C=O) groups is 2. The van der Waals surface area contributed by atoms with Crippen LogP contribution in [0.1, 0.15) is 16.1 Å². The lowest BCUT2D eigenvalue weighted by Gasteiger charge is -2.11. The Morgan fingerprint density at radius 2 is 1.89 bits per heavy atom. The first-order valence-corrected chi connectivity index (χ1v) is 9.10. The molecule has 7 nitrogen and oxygen atoms in total. The molecule has 1 amide bonds. The molecule has 0 aliphatic rings. The van der Waals surface area contributed by atoms with Crippen molar-refractivity contribution in [3.8, 4) is 11.5 Å². The lowest BCUT2D eigenvalue weighted by molar-refractivity contribution is -0.119. The first kappa shape index (κ1) is 19.8. The second-order valence-corrected chi connectivity index (χ2v) is 6.80. The zero-order valence-corrected chi connectivity index (χ0v) is 17.1. The van der Waals surface area contributed by atoms with Crippen molar-refractivity contribution in [2.45, 2.75) is 6.92 Å². The Morgan fingerprint density at radius 1 is 1.11 bits per heavy atom. The molecule has 0 atom stereocenters. The van der Waals surface area contributed by atoms with Crippen molar-refractivity contribution in [3.05, 3.63) is 52.2 Å². The summed E-state index contributed by atoms with van der Waals surface area (Å²) in [4.78, 5) is 24.5. The molecular formula is C20H18BrNO6. The fourth-order valence-electron chi connectivity index (χ4n) is 2.68. The Bertz CT molecular complexity index is 1040. The van der Waals surface area contributed by atoms with E-state index in [-0.39, 0.29) is 5.76 Å². The Labute approximate surface area is 169 Å². The summed E-state index contributed by atoms with van der Waals surface area (Å²) in [6, 6.07) is 10.4. The SMILES string of the molecule is COc1ccc(OC)c(NC(=O)COC(=O)c2oc3ccc(Br)cc3c2C)c1. The molecule has 1 heterocycles. The van der Waals surface area contributed by atoms with E-state index in [0.717, 1.165) is 9.86 Å². The second kappa shape index (κ2) is 8.35. The van der Waals surface area contributed by atoms with Crippen molar-refractivity contribution in [1.29, 1.82) is 0 Å². The summed E-state index contributed by atoms with van der Waals surface area (Å²) in [5.74, 6) is -0.148. The molecule has 0 aliphatic carbocycles. The lowest BCUT2D eigenvalue weighted by Crippen LogP contribution is -2.21. The van der Waals surface area contributed by atoms with Gasteiger partial charge in [-0.15, -0.1) is 0 Å². The molecule has 3 rings (SSSR count). The third-order valence-electron chi connectivity index (χ3n) is 4.10. The van der Waals surface area contributed by atoms with E-state index in [4.69, 9.17) is 18.6 Å². The summed E-state index contributed by atoms with van der Waals surface area (Å²) in [6.07, 6.45) is 0. The quantitative estimate of drug-likeness (QED) is 0.566. The Balaban J connectivity index is 1.68. The van der Waals surface area contributed by atoms with Crippen LogP contribution in [0.2, 0.25) is 0 Å². The highest BCUT2D eigenvalue weighted by Gasteiger charge is 2.20. The fraction of sp³-hybridized carbons (Fsp3) is 0.200. The lowest BCUT2D eigenvalue weighted by atomic mass is 10.1. The van der Waals surface area contributed by atoms with Crippen LogP contribution >= 0.6 is 15.9 Å². The van der Waals surface area contributed by atoms with Crippen molar-refractivity contribution < 1.29 is 28.2 Å². The normalized spacial score (nSPS) is 10.6. The number of esters is 1. The third-order valence-corrected chi connectivity index (χ3v) is 4.59. The third kappa shape index (κ3) is 4.12. The average molecular weight is 448 g/mol. The van der Waals surface area contributed by atoms with E-state index in [2.05, 4.69) is 21.2 Å². The van der Waals surface area contributed by atoms with E-state index in [1.807, 2.05) is 12.1 Å². The molecule has 146 valence electrons. The minimum absolute atomic E-state index is 0.0693. The van der Waals surface area contributed by atoms with Gasteiger partial charge in [0.2, 0.25) is 5.76 Å². The molecule has 0 aliphatic heterocycles. The molecule has 0 unspecified atom stereocenters. The van der Waals surface area contributed by atoms with Gasteiger partial charge in [0.05, 0.1) is 19.9 Å². The van der Waals surface area contributed by atoms with Gasteiger partial charge in [0.15, 0.2) is 6.61 Å². The molecule has 0 bridgehead atoms. The van der Waals surface area contributed by atoms with Crippen LogP contribution in [0.15, 0.2) is 45.3 Å². The van der Waals surface area contributed by atoms with Crippen molar-refractivity contribution in [2.75, 3.05) is 26.1 Å². The zero-order valence-electron chi connectivity index (χ0n) is 15.5. The largest absolute Gasteiger partial charge is 0.497 e.